The van der Waals surface area contributed by atoms with Gasteiger partial charge >= 0.3 is 0 Å². The Morgan fingerprint density at radius 1 is 0.727 bits per heavy atom. The molecular formula is C11H22. The largest absolute Gasteiger partial charge is 0.339 e. The molecule has 0 spiro atoms. The molecule has 0 heteroatoms. The SMILES string of the molecule is [CH2+]CC[CH2-].[CH2+]CC[CH2-].[CH2+]C[CH2-]. The summed E-state index contributed by atoms with van der Waals surface area (Å²) >= 11 is 0. The van der Waals surface area contributed by atoms with Crippen LogP contribution in [0.1, 0.15) is 32.1 Å². The van der Waals surface area contributed by atoms with Crippen LogP contribution in [0.25, 0.3) is 0 Å². The maximum Gasteiger partial charge on any atom is 0.0587 e. The van der Waals surface area contributed by atoms with Gasteiger partial charge in [0.1, 0.15) is 0 Å². The third kappa shape index (κ3) is 215. The van der Waals surface area contributed by atoms with E-state index >= 15 is 0 Å². The molecule has 0 aromatic carbocycles. The maximum atomic E-state index is 3.54. The Kier molecular flexibility index (Phi) is 51.6. The van der Waals surface area contributed by atoms with Crippen LogP contribution in [0.15, 0.2) is 0 Å². The third-order valence-electron chi connectivity index (χ3n) is 0.500. The molecule has 0 radical (unpaired) electrons. The molecular weight excluding hydrogens is 132 g/mol. The third-order valence-corrected chi connectivity index (χ3v) is 0.500. The molecule has 0 saturated heterocycles. The molecule has 0 unspecified atom stereocenters. The molecule has 0 saturated carbocycles. The summed E-state index contributed by atoms with van der Waals surface area (Å²) in [6.07, 6.45) is 4.58. The zero-order valence-corrected chi connectivity index (χ0v) is 7.78. The summed E-state index contributed by atoms with van der Waals surface area (Å²) in [5.41, 5.74) is 0. The van der Waals surface area contributed by atoms with Crippen molar-refractivity contribution in [3.8, 4) is 0 Å². The summed E-state index contributed by atoms with van der Waals surface area (Å²) in [6, 6.07) is 0. The molecule has 0 amide bonds. The minimum atomic E-state index is 0.750. The average molecular weight is 154 g/mol. The fourth-order valence-corrected chi connectivity index (χ4v) is 0. The second-order valence-electron chi connectivity index (χ2n) is 1.77. The Morgan fingerprint density at radius 3 is 0.818 bits per heavy atom. The van der Waals surface area contributed by atoms with Crippen LogP contribution in [0.3, 0.4) is 0 Å². The van der Waals surface area contributed by atoms with Crippen LogP contribution >= 0.6 is 0 Å². The van der Waals surface area contributed by atoms with Crippen molar-refractivity contribution >= 4 is 0 Å². The summed E-state index contributed by atoms with van der Waals surface area (Å²) < 4.78 is 0. The summed E-state index contributed by atoms with van der Waals surface area (Å²) in [6.45, 7) is 20.9. The van der Waals surface area contributed by atoms with E-state index in [1.807, 2.05) is 0 Å². The first-order valence-electron chi connectivity index (χ1n) is 4.00. The second kappa shape index (κ2) is 33.5. The van der Waals surface area contributed by atoms with Gasteiger partial charge in [0.15, 0.2) is 0 Å². The number of hydrogen-bond acceptors (Lipinski definition) is 0. The van der Waals surface area contributed by atoms with Gasteiger partial charge in [-0.3, -0.25) is 6.92 Å². The molecule has 0 aliphatic heterocycles. The van der Waals surface area contributed by atoms with Gasteiger partial charge in [-0.1, -0.05) is 0 Å². The van der Waals surface area contributed by atoms with Crippen LogP contribution in [0.5, 0.6) is 0 Å². The normalized spacial score (nSPS) is 6.82. The molecule has 0 aliphatic carbocycles. The van der Waals surface area contributed by atoms with Gasteiger partial charge < -0.3 is 13.8 Å². The smallest absolute Gasteiger partial charge is 0.0587 e. The minimum Gasteiger partial charge on any atom is -0.339 e. The molecule has 11 heavy (non-hydrogen) atoms. The molecule has 0 nitrogen and oxygen atoms in total. The van der Waals surface area contributed by atoms with E-state index in [-0.39, 0.29) is 0 Å². The highest BCUT2D eigenvalue weighted by atomic mass is 13.6. The van der Waals surface area contributed by atoms with Crippen molar-refractivity contribution in [2.45, 2.75) is 32.1 Å². The van der Waals surface area contributed by atoms with Crippen LogP contribution in [0, 0.1) is 41.5 Å². The van der Waals surface area contributed by atoms with Crippen LogP contribution in [-0.2, 0) is 0 Å². The molecule has 0 aromatic rings. The van der Waals surface area contributed by atoms with Gasteiger partial charge in [-0.2, -0.15) is 0 Å². The van der Waals surface area contributed by atoms with Gasteiger partial charge in [-0.15, -0.1) is 12.8 Å². The summed E-state index contributed by atoms with van der Waals surface area (Å²) in [5, 5.41) is 0. The Bertz CT molecular complexity index is 15.2. The molecule has 0 heterocycles. The zero-order valence-electron chi connectivity index (χ0n) is 7.78. The van der Waals surface area contributed by atoms with Gasteiger partial charge in [-0.05, 0) is 6.42 Å². The Balaban J connectivity index is -0.0000000886. The van der Waals surface area contributed by atoms with Crippen LogP contribution in [0.4, 0.5) is 0 Å². The minimum absolute atomic E-state index is 0.750. The maximum absolute atomic E-state index is 3.54. The van der Waals surface area contributed by atoms with Crippen molar-refractivity contribution in [1.82, 2.24) is 0 Å². The number of unbranched alkanes of at least 4 members (excludes halogenated alkanes) is 2. The van der Waals surface area contributed by atoms with E-state index in [1.54, 1.807) is 0 Å². The van der Waals surface area contributed by atoms with Gasteiger partial charge in [-0.25, -0.2) is 0 Å². The van der Waals surface area contributed by atoms with Crippen molar-refractivity contribution in [3.63, 3.8) is 0 Å². The Labute approximate surface area is 74.4 Å². The lowest BCUT2D eigenvalue weighted by atomic mass is 10.4. The first kappa shape index (κ1) is 16.9. The van der Waals surface area contributed by atoms with Crippen LogP contribution in [-0.4, -0.2) is 0 Å². The standard InChI is InChI=1S/2C4H8.C3H6/c2*1-3-4-2;1-3-2/h2*1-4H2;1-3H2. The van der Waals surface area contributed by atoms with E-state index in [4.69, 9.17) is 0 Å². The van der Waals surface area contributed by atoms with Crippen molar-refractivity contribution < 1.29 is 0 Å². The van der Waals surface area contributed by atoms with E-state index in [1.165, 1.54) is 0 Å². The molecule has 0 aliphatic rings. The highest BCUT2D eigenvalue weighted by molar-refractivity contribution is 4.39. The fourth-order valence-electron chi connectivity index (χ4n) is 0. The van der Waals surface area contributed by atoms with Gasteiger partial charge in [0, 0.05) is 6.92 Å². The molecule has 0 aromatic heterocycles. The second-order valence-corrected chi connectivity index (χ2v) is 1.77. The van der Waals surface area contributed by atoms with Crippen molar-refractivity contribution in [3.05, 3.63) is 41.5 Å². The molecule has 0 rings (SSSR count). The lowest BCUT2D eigenvalue weighted by Gasteiger charge is -1.71. The van der Waals surface area contributed by atoms with Crippen molar-refractivity contribution in [2.75, 3.05) is 0 Å². The average Bonchev–Trinajstić information content (AvgIpc) is 2.06. The van der Waals surface area contributed by atoms with Crippen LogP contribution < -0.4 is 0 Å². The molecule has 0 fully saturated rings. The monoisotopic (exact) mass is 154 g/mol. The van der Waals surface area contributed by atoms with Crippen LogP contribution in [0.2, 0.25) is 0 Å². The van der Waals surface area contributed by atoms with E-state index in [2.05, 4.69) is 41.5 Å². The highest BCUT2D eigenvalue weighted by Gasteiger charge is 1.57. The first-order chi connectivity index (χ1) is 5.24. The van der Waals surface area contributed by atoms with E-state index in [9.17, 15) is 0 Å². The fraction of sp³-hybridized carbons (Fsp3) is 0.455. The predicted molar refractivity (Wildman–Crippen MR) is 55.2 cm³/mol. The molecule has 66 valence electrons. The lowest BCUT2D eigenvalue weighted by Crippen LogP contribution is -1.49. The predicted octanol–water partition coefficient (Wildman–Crippen LogP) is 3.91. The van der Waals surface area contributed by atoms with Gasteiger partial charge in [0.25, 0.3) is 0 Å². The van der Waals surface area contributed by atoms with E-state index in [0.29, 0.717) is 0 Å². The molecule has 0 bridgehead atoms. The Morgan fingerprint density at radius 2 is 0.818 bits per heavy atom. The van der Waals surface area contributed by atoms with Gasteiger partial charge in [0.2, 0.25) is 0 Å². The number of rotatable bonds is 2. The summed E-state index contributed by atoms with van der Waals surface area (Å²) in [5.74, 6) is 0. The van der Waals surface area contributed by atoms with Crippen molar-refractivity contribution in [1.29, 1.82) is 0 Å². The lowest BCUT2D eigenvalue weighted by molar-refractivity contribution is 1.05. The first-order valence-corrected chi connectivity index (χ1v) is 4.00. The van der Waals surface area contributed by atoms with E-state index in [0.717, 1.165) is 32.1 Å². The summed E-state index contributed by atoms with van der Waals surface area (Å²) in [7, 11) is 0. The zero-order chi connectivity index (χ0) is 9.54. The molecule has 0 N–H and O–H groups in total. The number of hydrogen-bond donors (Lipinski definition) is 0. The van der Waals surface area contributed by atoms with Gasteiger partial charge in [0.05, 0.1) is 26.7 Å². The molecule has 0 atom stereocenters. The van der Waals surface area contributed by atoms with E-state index < -0.39 is 0 Å². The quantitative estimate of drug-likeness (QED) is 0.529. The van der Waals surface area contributed by atoms with Crippen molar-refractivity contribution in [2.24, 2.45) is 0 Å². The Hall–Kier alpha value is -0.390. The summed E-state index contributed by atoms with van der Waals surface area (Å²) in [4.78, 5) is 0. The highest BCUT2D eigenvalue weighted by Crippen LogP contribution is 1.75. The topological polar surface area (TPSA) is 0 Å².